The van der Waals surface area contributed by atoms with Gasteiger partial charge in [-0.15, -0.1) is 11.3 Å². The molecule has 0 saturated heterocycles. The van der Waals surface area contributed by atoms with Gasteiger partial charge in [-0.3, -0.25) is 0 Å². The van der Waals surface area contributed by atoms with Crippen LogP contribution in [0, 0.1) is 0 Å². The van der Waals surface area contributed by atoms with Gasteiger partial charge in [0.25, 0.3) is 0 Å². The summed E-state index contributed by atoms with van der Waals surface area (Å²) >= 11 is 1.81. The lowest BCUT2D eigenvalue weighted by Crippen LogP contribution is -1.83. The molecule has 0 aliphatic rings. The van der Waals surface area contributed by atoms with Crippen molar-refractivity contribution >= 4 is 11.3 Å². The average Bonchev–Trinajstić information content (AvgIpc) is 2.85. The summed E-state index contributed by atoms with van der Waals surface area (Å²) < 4.78 is 0. The van der Waals surface area contributed by atoms with Gasteiger partial charge in [-0.2, -0.15) is 0 Å². The largest absolute Gasteiger partial charge is 0.144 e. The van der Waals surface area contributed by atoms with Gasteiger partial charge in [0, 0.05) is 4.88 Å². The van der Waals surface area contributed by atoms with Crippen LogP contribution in [-0.4, -0.2) is 0 Å². The third kappa shape index (κ3) is 2.93. The molecule has 0 atom stereocenters. The number of hydrogen-bond donors (Lipinski definition) is 0. The summed E-state index contributed by atoms with van der Waals surface area (Å²) in [5, 5.41) is 2.13. The van der Waals surface area contributed by atoms with E-state index in [0.717, 1.165) is 6.42 Å². The van der Waals surface area contributed by atoms with Crippen LogP contribution in [0.25, 0.3) is 10.4 Å². The molecule has 0 radical (unpaired) electrons. The minimum atomic E-state index is 1.11. The van der Waals surface area contributed by atoms with Crippen LogP contribution in [0.4, 0.5) is 0 Å². The van der Waals surface area contributed by atoms with Crippen molar-refractivity contribution in [1.29, 1.82) is 0 Å². The molecule has 1 aromatic carbocycles. The second kappa shape index (κ2) is 6.41. The Kier molecular flexibility index (Phi) is 5.13. The van der Waals surface area contributed by atoms with Crippen molar-refractivity contribution in [3.63, 3.8) is 0 Å². The van der Waals surface area contributed by atoms with E-state index in [0.29, 0.717) is 0 Å². The Morgan fingerprint density at radius 2 is 1.73 bits per heavy atom. The molecule has 0 saturated carbocycles. The Morgan fingerprint density at radius 1 is 1.00 bits per heavy atom. The lowest BCUT2D eigenvalue weighted by atomic mass is 10.0. The fraction of sp³-hybridized carbons (Fsp3) is 0.286. The Labute approximate surface area is 96.6 Å². The fourth-order valence-corrected chi connectivity index (χ4v) is 2.29. The van der Waals surface area contributed by atoms with E-state index in [9.17, 15) is 0 Å². The maximum absolute atomic E-state index is 2.20. The molecule has 80 valence electrons. The first-order valence-corrected chi connectivity index (χ1v) is 6.41. The van der Waals surface area contributed by atoms with Gasteiger partial charge in [0.15, 0.2) is 0 Å². The van der Waals surface area contributed by atoms with Gasteiger partial charge in [0.1, 0.15) is 0 Å². The van der Waals surface area contributed by atoms with Gasteiger partial charge >= 0.3 is 0 Å². The molecule has 0 spiro atoms. The van der Waals surface area contributed by atoms with Crippen molar-refractivity contribution in [1.82, 2.24) is 0 Å². The van der Waals surface area contributed by atoms with Gasteiger partial charge in [0.2, 0.25) is 0 Å². The molecule has 1 heterocycles. The molecule has 0 unspecified atom stereocenters. The molecule has 1 heteroatoms. The highest BCUT2D eigenvalue weighted by Crippen LogP contribution is 2.27. The summed E-state index contributed by atoms with van der Waals surface area (Å²) in [4.78, 5) is 1.37. The van der Waals surface area contributed by atoms with Crippen LogP contribution in [0.3, 0.4) is 0 Å². The highest BCUT2D eigenvalue weighted by atomic mass is 32.1. The van der Waals surface area contributed by atoms with E-state index in [1.807, 2.05) is 13.8 Å². The zero-order valence-electron chi connectivity index (χ0n) is 9.66. The Balaban J connectivity index is 0.000000531. The van der Waals surface area contributed by atoms with Crippen molar-refractivity contribution in [3.05, 3.63) is 47.3 Å². The lowest BCUT2D eigenvalue weighted by molar-refractivity contribution is 1.14. The summed E-state index contributed by atoms with van der Waals surface area (Å²) in [6.45, 7) is 6.20. The van der Waals surface area contributed by atoms with E-state index in [4.69, 9.17) is 0 Å². The van der Waals surface area contributed by atoms with Gasteiger partial charge in [-0.05, 0) is 29.0 Å². The quantitative estimate of drug-likeness (QED) is 0.665. The predicted molar refractivity (Wildman–Crippen MR) is 70.5 cm³/mol. The number of aryl methyl sites for hydroxylation is 1. The topological polar surface area (TPSA) is 0 Å². The van der Waals surface area contributed by atoms with E-state index in [-0.39, 0.29) is 0 Å². The smallest absolute Gasteiger partial charge is 0.0345 e. The van der Waals surface area contributed by atoms with Gasteiger partial charge in [0.05, 0.1) is 0 Å². The molecule has 0 aliphatic carbocycles. The molecule has 2 rings (SSSR count). The molecule has 0 N–H and O–H groups in total. The molecule has 0 nitrogen and oxygen atoms in total. The van der Waals surface area contributed by atoms with Crippen molar-refractivity contribution in [3.8, 4) is 10.4 Å². The summed E-state index contributed by atoms with van der Waals surface area (Å²) in [6.07, 6.45) is 1.11. The number of benzene rings is 1. The second-order valence-corrected chi connectivity index (χ2v) is 3.94. The van der Waals surface area contributed by atoms with Gasteiger partial charge < -0.3 is 0 Å². The van der Waals surface area contributed by atoms with Crippen molar-refractivity contribution < 1.29 is 0 Å². The molecule has 1 aromatic heterocycles. The predicted octanol–water partition coefficient (Wildman–Crippen LogP) is 5.00. The molecule has 0 amide bonds. The standard InChI is InChI=1S/C12H12S.C2H6/c1-2-10-6-3-4-7-11(10)12-8-5-9-13-12;1-2/h3-9H,2H2,1H3;1-2H3. The van der Waals surface area contributed by atoms with E-state index < -0.39 is 0 Å². The maximum atomic E-state index is 2.20. The molecule has 0 fully saturated rings. The SMILES string of the molecule is CC.CCc1ccccc1-c1cccs1. The normalized spacial score (nSPS) is 9.27. The Morgan fingerprint density at radius 3 is 2.33 bits per heavy atom. The fourth-order valence-electron chi connectivity index (χ4n) is 1.50. The molecule has 2 aromatic rings. The van der Waals surface area contributed by atoms with Crippen LogP contribution >= 0.6 is 11.3 Å². The van der Waals surface area contributed by atoms with Crippen LogP contribution in [0.2, 0.25) is 0 Å². The highest BCUT2D eigenvalue weighted by Gasteiger charge is 2.02. The summed E-state index contributed by atoms with van der Waals surface area (Å²) in [6, 6.07) is 12.9. The molecule has 15 heavy (non-hydrogen) atoms. The third-order valence-corrected chi connectivity index (χ3v) is 3.09. The lowest BCUT2D eigenvalue weighted by Gasteiger charge is -2.03. The zero-order valence-corrected chi connectivity index (χ0v) is 10.5. The maximum Gasteiger partial charge on any atom is 0.0345 e. The number of hydrogen-bond acceptors (Lipinski definition) is 1. The number of rotatable bonds is 2. The first kappa shape index (κ1) is 12.0. The minimum absolute atomic E-state index is 1.11. The monoisotopic (exact) mass is 218 g/mol. The second-order valence-electron chi connectivity index (χ2n) is 2.99. The summed E-state index contributed by atoms with van der Waals surface area (Å²) in [5.41, 5.74) is 2.82. The first-order valence-electron chi connectivity index (χ1n) is 5.53. The van der Waals surface area contributed by atoms with Crippen LogP contribution in [0.5, 0.6) is 0 Å². The average molecular weight is 218 g/mol. The van der Waals surface area contributed by atoms with Crippen molar-refractivity contribution in [2.45, 2.75) is 27.2 Å². The van der Waals surface area contributed by atoms with Crippen LogP contribution < -0.4 is 0 Å². The highest BCUT2D eigenvalue weighted by molar-refractivity contribution is 7.13. The minimum Gasteiger partial charge on any atom is -0.144 e. The van der Waals surface area contributed by atoms with Crippen LogP contribution in [0.15, 0.2) is 41.8 Å². The van der Waals surface area contributed by atoms with Crippen LogP contribution in [-0.2, 0) is 6.42 Å². The van der Waals surface area contributed by atoms with E-state index in [1.54, 1.807) is 11.3 Å². The van der Waals surface area contributed by atoms with Gasteiger partial charge in [-0.1, -0.05) is 51.1 Å². The third-order valence-electron chi connectivity index (χ3n) is 2.18. The van der Waals surface area contributed by atoms with Crippen molar-refractivity contribution in [2.75, 3.05) is 0 Å². The van der Waals surface area contributed by atoms with E-state index in [1.165, 1.54) is 16.0 Å². The molecule has 0 aliphatic heterocycles. The first-order chi connectivity index (χ1) is 7.42. The Bertz CT molecular complexity index is 374. The van der Waals surface area contributed by atoms with Crippen LogP contribution in [0.1, 0.15) is 26.3 Å². The summed E-state index contributed by atoms with van der Waals surface area (Å²) in [5.74, 6) is 0. The molecular formula is C14H18S. The van der Waals surface area contributed by atoms with Gasteiger partial charge in [-0.25, -0.2) is 0 Å². The van der Waals surface area contributed by atoms with Crippen molar-refractivity contribution in [2.24, 2.45) is 0 Å². The van der Waals surface area contributed by atoms with E-state index >= 15 is 0 Å². The summed E-state index contributed by atoms with van der Waals surface area (Å²) in [7, 11) is 0. The Hall–Kier alpha value is -1.08. The number of thiophene rings is 1. The molecule has 0 bridgehead atoms. The molecular weight excluding hydrogens is 200 g/mol. The zero-order chi connectivity index (χ0) is 11.1. The van der Waals surface area contributed by atoms with E-state index in [2.05, 4.69) is 48.7 Å².